The molecule has 0 atom stereocenters. The van der Waals surface area contributed by atoms with Crippen LogP contribution in [-0.2, 0) is 6.54 Å². The Balaban J connectivity index is 2.08. The Morgan fingerprint density at radius 1 is 1.00 bits per heavy atom. The molecule has 0 aliphatic rings. The van der Waals surface area contributed by atoms with E-state index >= 15 is 0 Å². The zero-order chi connectivity index (χ0) is 17.4. The van der Waals surface area contributed by atoms with Gasteiger partial charge in [0.05, 0.1) is 0 Å². The van der Waals surface area contributed by atoms with Crippen LogP contribution < -0.4 is 0 Å². The van der Waals surface area contributed by atoms with Crippen molar-refractivity contribution in [1.82, 2.24) is 15.0 Å². The van der Waals surface area contributed by atoms with Crippen molar-refractivity contribution in [2.24, 2.45) is 0 Å². The zero-order valence-corrected chi connectivity index (χ0v) is 14.5. The quantitative estimate of drug-likeness (QED) is 0.412. The van der Waals surface area contributed by atoms with Gasteiger partial charge in [0.1, 0.15) is 10.7 Å². The van der Waals surface area contributed by atoms with Gasteiger partial charge in [0, 0.05) is 23.9 Å². The molecular weight excluding hydrogens is 335 g/mol. The van der Waals surface area contributed by atoms with Gasteiger partial charge in [-0.15, -0.1) is 5.10 Å². The number of hydrogen-bond acceptors (Lipinski definition) is 3. The Kier molecular flexibility index (Phi) is 7.15. The molecule has 0 unspecified atom stereocenters. The number of aromatic nitrogens is 3. The van der Waals surface area contributed by atoms with E-state index in [1.807, 2.05) is 6.07 Å². The minimum absolute atomic E-state index is 0.0715. The Morgan fingerprint density at radius 2 is 1.67 bits per heavy atom. The standard InChI is InChI=1S/C17H22F3N3S/c1-2-3-4-5-6-10-13-23-16(24-17(18,19)20)15(21-22-23)14-11-8-7-9-12-14/h7-9,11-12H,2-6,10,13H2,1H3. The number of aryl methyl sites for hydroxylation is 1. The van der Waals surface area contributed by atoms with E-state index in [1.54, 1.807) is 24.3 Å². The number of unbranched alkanes of at least 4 members (excludes halogenated alkanes) is 5. The summed E-state index contributed by atoms with van der Waals surface area (Å²) in [5.74, 6) is 0. The average molecular weight is 357 g/mol. The summed E-state index contributed by atoms with van der Waals surface area (Å²) in [6, 6.07) is 8.88. The molecule has 1 aromatic carbocycles. The van der Waals surface area contributed by atoms with Crippen LogP contribution >= 0.6 is 11.8 Å². The lowest BCUT2D eigenvalue weighted by atomic mass is 10.1. The molecule has 0 saturated heterocycles. The lowest BCUT2D eigenvalue weighted by molar-refractivity contribution is -0.0330. The predicted molar refractivity (Wildman–Crippen MR) is 90.7 cm³/mol. The van der Waals surface area contributed by atoms with Crippen molar-refractivity contribution in [2.75, 3.05) is 0 Å². The number of alkyl halides is 3. The molecule has 0 spiro atoms. The van der Waals surface area contributed by atoms with Crippen molar-refractivity contribution in [2.45, 2.75) is 62.5 Å². The summed E-state index contributed by atoms with van der Waals surface area (Å²) in [6.45, 7) is 2.62. The summed E-state index contributed by atoms with van der Waals surface area (Å²) in [5.41, 5.74) is -3.41. The second kappa shape index (κ2) is 9.11. The first-order chi connectivity index (χ1) is 11.5. The van der Waals surface area contributed by atoms with Gasteiger partial charge in [-0.25, -0.2) is 4.68 Å². The summed E-state index contributed by atoms with van der Waals surface area (Å²) < 4.78 is 40.1. The van der Waals surface area contributed by atoms with Crippen LogP contribution in [0, 0.1) is 0 Å². The maximum absolute atomic E-state index is 12.9. The summed E-state index contributed by atoms with van der Waals surface area (Å²) in [4.78, 5) is 0. The minimum Gasteiger partial charge on any atom is -0.238 e. The monoisotopic (exact) mass is 357 g/mol. The van der Waals surface area contributed by atoms with Gasteiger partial charge >= 0.3 is 5.51 Å². The number of benzene rings is 1. The van der Waals surface area contributed by atoms with Crippen molar-refractivity contribution in [3.63, 3.8) is 0 Å². The van der Waals surface area contributed by atoms with Crippen LogP contribution in [0.3, 0.4) is 0 Å². The van der Waals surface area contributed by atoms with E-state index in [4.69, 9.17) is 0 Å². The molecule has 0 N–H and O–H groups in total. The highest BCUT2D eigenvalue weighted by Gasteiger charge is 2.33. The van der Waals surface area contributed by atoms with Crippen LogP contribution in [0.2, 0.25) is 0 Å². The highest BCUT2D eigenvalue weighted by molar-refractivity contribution is 8.00. The molecule has 0 bridgehead atoms. The van der Waals surface area contributed by atoms with Crippen molar-refractivity contribution >= 4 is 11.8 Å². The molecule has 2 aromatic rings. The molecule has 0 aliphatic heterocycles. The summed E-state index contributed by atoms with van der Waals surface area (Å²) in [7, 11) is 0. The Labute approximate surface area is 144 Å². The van der Waals surface area contributed by atoms with Gasteiger partial charge in [-0.05, 0) is 6.42 Å². The molecule has 132 valence electrons. The Hall–Kier alpha value is -1.50. The van der Waals surface area contributed by atoms with Crippen molar-refractivity contribution in [1.29, 1.82) is 0 Å². The topological polar surface area (TPSA) is 30.7 Å². The van der Waals surface area contributed by atoms with Crippen molar-refractivity contribution in [3.05, 3.63) is 30.3 Å². The number of hydrogen-bond donors (Lipinski definition) is 0. The Bertz CT molecular complexity index is 611. The molecule has 1 aromatic heterocycles. The first-order valence-corrected chi connectivity index (χ1v) is 9.07. The highest BCUT2D eigenvalue weighted by Crippen LogP contribution is 2.40. The molecule has 0 fully saturated rings. The number of rotatable bonds is 9. The fourth-order valence-corrected chi connectivity index (χ4v) is 3.19. The van der Waals surface area contributed by atoms with Gasteiger partial charge in [-0.2, -0.15) is 13.2 Å². The fraction of sp³-hybridized carbons (Fsp3) is 0.529. The summed E-state index contributed by atoms with van der Waals surface area (Å²) in [5, 5.41) is 8.02. The zero-order valence-electron chi connectivity index (χ0n) is 13.7. The third-order valence-electron chi connectivity index (χ3n) is 3.67. The molecule has 0 aliphatic carbocycles. The lowest BCUT2D eigenvalue weighted by Gasteiger charge is -2.10. The second-order valence-electron chi connectivity index (χ2n) is 5.65. The van der Waals surface area contributed by atoms with Crippen LogP contribution in [0.15, 0.2) is 35.4 Å². The molecule has 0 radical (unpaired) electrons. The molecule has 7 heteroatoms. The third-order valence-corrected chi connectivity index (χ3v) is 4.50. The average Bonchev–Trinajstić information content (AvgIpc) is 2.92. The van der Waals surface area contributed by atoms with Crippen LogP contribution in [0.1, 0.15) is 45.4 Å². The van der Waals surface area contributed by atoms with E-state index in [-0.39, 0.29) is 16.8 Å². The van der Waals surface area contributed by atoms with Crippen LogP contribution in [-0.4, -0.2) is 20.5 Å². The molecule has 2 rings (SSSR count). The predicted octanol–water partition coefficient (Wildman–Crippen LogP) is 5.92. The number of halogens is 3. The van der Waals surface area contributed by atoms with Gasteiger partial charge in [-0.3, -0.25) is 0 Å². The molecule has 0 saturated carbocycles. The van der Waals surface area contributed by atoms with E-state index < -0.39 is 5.51 Å². The molecule has 0 amide bonds. The lowest BCUT2D eigenvalue weighted by Crippen LogP contribution is -2.07. The van der Waals surface area contributed by atoms with Crippen LogP contribution in [0.5, 0.6) is 0 Å². The molecule has 24 heavy (non-hydrogen) atoms. The smallest absolute Gasteiger partial charge is 0.238 e. The van der Waals surface area contributed by atoms with Gasteiger partial charge in [0.25, 0.3) is 0 Å². The second-order valence-corrected chi connectivity index (χ2v) is 6.70. The summed E-state index contributed by atoms with van der Waals surface area (Å²) in [6.07, 6.45) is 6.47. The third kappa shape index (κ3) is 5.85. The Morgan fingerprint density at radius 3 is 2.33 bits per heavy atom. The SMILES string of the molecule is CCCCCCCCn1nnc(-c2ccccc2)c1SC(F)(F)F. The number of nitrogens with zero attached hydrogens (tertiary/aromatic N) is 3. The first kappa shape index (κ1) is 18.8. The first-order valence-electron chi connectivity index (χ1n) is 8.26. The maximum Gasteiger partial charge on any atom is 0.447 e. The van der Waals surface area contributed by atoms with Gasteiger partial charge < -0.3 is 0 Å². The van der Waals surface area contributed by atoms with Gasteiger partial charge in [0.2, 0.25) is 0 Å². The van der Waals surface area contributed by atoms with Crippen molar-refractivity contribution in [3.8, 4) is 11.3 Å². The van der Waals surface area contributed by atoms with E-state index in [0.29, 0.717) is 17.8 Å². The van der Waals surface area contributed by atoms with E-state index in [9.17, 15) is 13.2 Å². The fourth-order valence-electron chi connectivity index (χ4n) is 2.48. The van der Waals surface area contributed by atoms with Crippen LogP contribution in [0.25, 0.3) is 11.3 Å². The van der Waals surface area contributed by atoms with E-state index in [1.165, 1.54) is 23.9 Å². The van der Waals surface area contributed by atoms with E-state index in [2.05, 4.69) is 17.2 Å². The summed E-state index contributed by atoms with van der Waals surface area (Å²) >= 11 is -0.135. The van der Waals surface area contributed by atoms with Gasteiger partial charge in [-0.1, -0.05) is 74.6 Å². The maximum atomic E-state index is 12.9. The normalized spacial score (nSPS) is 11.8. The largest absolute Gasteiger partial charge is 0.447 e. The number of thioether (sulfide) groups is 1. The van der Waals surface area contributed by atoms with Crippen molar-refractivity contribution < 1.29 is 13.2 Å². The molecular formula is C17H22F3N3S. The molecule has 1 heterocycles. The minimum atomic E-state index is -4.36. The van der Waals surface area contributed by atoms with Crippen LogP contribution in [0.4, 0.5) is 13.2 Å². The van der Waals surface area contributed by atoms with E-state index in [0.717, 1.165) is 19.3 Å². The highest BCUT2D eigenvalue weighted by atomic mass is 32.2. The van der Waals surface area contributed by atoms with Gasteiger partial charge in [0.15, 0.2) is 0 Å². The molecule has 3 nitrogen and oxygen atoms in total.